The molecule has 1 aromatic heterocycles. The van der Waals surface area contributed by atoms with Gasteiger partial charge in [0.05, 0.1) is 0 Å². The summed E-state index contributed by atoms with van der Waals surface area (Å²) in [5, 5.41) is 0.495. The minimum Gasteiger partial charge on any atom is -0.341 e. The van der Waals surface area contributed by atoms with Crippen molar-refractivity contribution >= 4 is 38.6 Å². The number of aromatic nitrogens is 2. The Bertz CT molecular complexity index is 352. The zero-order valence-corrected chi connectivity index (χ0v) is 11.1. The normalized spacial score (nSPS) is 18.1. The average Bonchev–Trinajstić information content (AvgIpc) is 2.29. The van der Waals surface area contributed by atoms with E-state index in [0.29, 0.717) is 9.08 Å². The number of rotatable bonds is 2. The summed E-state index contributed by atoms with van der Waals surface area (Å²) in [4.78, 5) is 10.6. The molecule has 1 aliphatic rings. The van der Waals surface area contributed by atoms with Crippen molar-refractivity contribution in [3.8, 4) is 0 Å². The molecular weight excluding hydrogens is 326 g/mol. The third-order valence-electron chi connectivity index (χ3n) is 2.47. The van der Waals surface area contributed by atoms with E-state index in [9.17, 15) is 0 Å². The second-order valence-electron chi connectivity index (χ2n) is 3.45. The smallest absolute Gasteiger partial charge is 0.226 e. The monoisotopic (exact) mass is 338 g/mol. The first kappa shape index (κ1) is 11.2. The summed E-state index contributed by atoms with van der Waals surface area (Å²) in [6.45, 7) is 1.92. The Morgan fingerprint density at radius 1 is 1.47 bits per heavy atom. The molecule has 0 aromatic carbocycles. The van der Waals surface area contributed by atoms with E-state index in [4.69, 9.17) is 15.2 Å². The van der Waals surface area contributed by atoms with Crippen LogP contribution in [0, 0.1) is 3.56 Å². The van der Waals surface area contributed by atoms with Crippen molar-refractivity contribution in [2.75, 3.05) is 18.0 Å². The van der Waals surface area contributed by atoms with Crippen molar-refractivity contribution in [1.29, 1.82) is 3.56 Å². The van der Waals surface area contributed by atoms with Gasteiger partial charge in [0.1, 0.15) is 5.15 Å². The van der Waals surface area contributed by atoms with Crippen LogP contribution in [0.25, 0.3) is 0 Å². The molecule has 0 aliphatic carbocycles. The molecule has 4 nitrogen and oxygen atoms in total. The van der Waals surface area contributed by atoms with Gasteiger partial charge in [0.15, 0.2) is 0 Å². The van der Waals surface area contributed by atoms with Crippen LogP contribution >= 0.6 is 32.6 Å². The van der Waals surface area contributed by atoms with Gasteiger partial charge < -0.3 is 4.90 Å². The van der Waals surface area contributed by atoms with Crippen molar-refractivity contribution in [2.45, 2.75) is 16.8 Å². The van der Waals surface area contributed by atoms with E-state index in [2.05, 4.69) is 14.9 Å². The summed E-state index contributed by atoms with van der Waals surface area (Å²) in [6.07, 6.45) is 3.90. The van der Waals surface area contributed by atoms with E-state index in [-0.39, 0.29) is 21.0 Å². The van der Waals surface area contributed by atoms with Gasteiger partial charge in [-0.15, -0.1) is 0 Å². The van der Waals surface area contributed by atoms with Crippen molar-refractivity contribution in [1.82, 2.24) is 9.97 Å². The first-order chi connectivity index (χ1) is 7.29. The molecule has 0 spiro atoms. The predicted octanol–water partition coefficient (Wildman–Crippen LogP) is 2.83. The van der Waals surface area contributed by atoms with E-state index in [0.717, 1.165) is 31.9 Å². The van der Waals surface area contributed by atoms with Gasteiger partial charge in [-0.25, -0.2) is 9.97 Å². The third-order valence-corrected chi connectivity index (χ3v) is 4.81. The summed E-state index contributed by atoms with van der Waals surface area (Å²) in [6, 6.07) is 1.69. The maximum Gasteiger partial charge on any atom is 0.226 e. The number of hydrogen-bond donors (Lipinski definition) is 1. The molecule has 1 saturated heterocycles. The lowest BCUT2D eigenvalue weighted by Crippen LogP contribution is -2.35. The van der Waals surface area contributed by atoms with Crippen LogP contribution in [0.4, 0.5) is 5.95 Å². The van der Waals surface area contributed by atoms with Crippen molar-refractivity contribution in [2.24, 2.45) is 0 Å². The summed E-state index contributed by atoms with van der Waals surface area (Å²) < 4.78 is 8.09. The molecule has 6 heteroatoms. The summed E-state index contributed by atoms with van der Waals surface area (Å²) in [5.74, 6) is 0.726. The molecular formula is C9H12ClIN4. The first-order valence-corrected chi connectivity index (χ1v) is 7.52. The highest BCUT2D eigenvalue weighted by molar-refractivity contribution is 14.1. The van der Waals surface area contributed by atoms with Gasteiger partial charge in [0.2, 0.25) is 5.95 Å². The molecule has 82 valence electrons. The quantitative estimate of drug-likeness (QED) is 0.512. The number of anilines is 1. The molecule has 0 saturated carbocycles. The molecule has 15 heavy (non-hydrogen) atoms. The molecule has 0 bridgehead atoms. The van der Waals surface area contributed by atoms with Crippen LogP contribution in [-0.2, 0) is 0 Å². The predicted molar refractivity (Wildman–Crippen MR) is 69.0 cm³/mol. The third kappa shape index (κ3) is 2.84. The van der Waals surface area contributed by atoms with Gasteiger partial charge in [-0.1, -0.05) is 11.6 Å². The van der Waals surface area contributed by atoms with Gasteiger partial charge in [-0.3, -0.25) is 3.56 Å². The van der Waals surface area contributed by atoms with Gasteiger partial charge in [0.25, 0.3) is 0 Å². The Kier molecular flexibility index (Phi) is 3.85. The molecule has 0 atom stereocenters. The van der Waals surface area contributed by atoms with E-state index in [1.807, 2.05) is 0 Å². The highest BCUT2D eigenvalue weighted by Gasteiger charge is 2.19. The van der Waals surface area contributed by atoms with Crippen LogP contribution in [0.1, 0.15) is 12.8 Å². The zero-order chi connectivity index (χ0) is 10.7. The zero-order valence-electron chi connectivity index (χ0n) is 8.16. The van der Waals surface area contributed by atoms with Crippen LogP contribution in [0.2, 0.25) is 5.15 Å². The fraction of sp³-hybridized carbons (Fsp3) is 0.556. The second kappa shape index (κ2) is 5.16. The Labute approximate surface area is 104 Å². The first-order valence-electron chi connectivity index (χ1n) is 4.82. The molecule has 0 radical (unpaired) electrons. The average molecular weight is 339 g/mol. The lowest BCUT2D eigenvalue weighted by molar-refractivity contribution is 0.593. The van der Waals surface area contributed by atoms with Crippen LogP contribution in [0.5, 0.6) is 0 Å². The number of halogens is 2. The Balaban J connectivity index is 2.04. The Morgan fingerprint density at radius 3 is 2.80 bits per heavy atom. The van der Waals surface area contributed by atoms with E-state index in [1.165, 1.54) is 0 Å². The fourth-order valence-corrected chi connectivity index (χ4v) is 2.95. The molecule has 1 aromatic rings. The standard InChI is InChI=1S/C9H12ClIN4/c10-8-1-4-13-9(14-8)15-5-2-7(11-12)3-6-15/h1,4,7,12H,2-3,5-6H2. The fourth-order valence-electron chi connectivity index (χ4n) is 1.64. The summed E-state index contributed by atoms with van der Waals surface area (Å²) >= 11 is 5.46. The molecule has 1 fully saturated rings. The van der Waals surface area contributed by atoms with Crippen molar-refractivity contribution in [3.05, 3.63) is 17.4 Å². The summed E-state index contributed by atoms with van der Waals surface area (Å²) in [7, 11) is 0. The summed E-state index contributed by atoms with van der Waals surface area (Å²) in [5.41, 5.74) is 0. The van der Waals surface area contributed by atoms with Gasteiger partial charge >= 0.3 is 0 Å². The topological polar surface area (TPSA) is 52.9 Å². The highest BCUT2D eigenvalue weighted by atomic mass is 127. The van der Waals surface area contributed by atoms with Crippen LogP contribution in [-0.4, -0.2) is 27.0 Å². The van der Waals surface area contributed by atoms with Crippen LogP contribution in [0.3, 0.4) is 0 Å². The molecule has 2 rings (SSSR count). The minimum atomic E-state index is -0.353. The maximum absolute atomic E-state index is 7.44. The van der Waals surface area contributed by atoms with Gasteiger partial charge in [-0.2, -0.15) is 0 Å². The number of nitrogens with zero attached hydrogens (tertiary/aromatic N) is 3. The van der Waals surface area contributed by atoms with E-state index < -0.39 is 0 Å². The van der Waals surface area contributed by atoms with Crippen LogP contribution in [0.15, 0.2) is 12.3 Å². The van der Waals surface area contributed by atoms with E-state index >= 15 is 0 Å². The number of hydrogen-bond acceptors (Lipinski definition) is 4. The lowest BCUT2D eigenvalue weighted by Gasteiger charge is -2.29. The minimum absolute atomic E-state index is 0.353. The molecule has 1 N–H and O–H groups in total. The lowest BCUT2D eigenvalue weighted by atomic mass is 10.1. The van der Waals surface area contributed by atoms with Gasteiger partial charge in [0, 0.05) is 23.2 Å². The SMILES string of the molecule is N=IC1CCN(c2nccc(Cl)n2)CC1. The Morgan fingerprint density at radius 2 is 2.20 bits per heavy atom. The molecule has 1 aliphatic heterocycles. The van der Waals surface area contributed by atoms with Crippen LogP contribution < -0.4 is 4.90 Å². The highest BCUT2D eigenvalue weighted by Crippen LogP contribution is 2.24. The molecule has 0 unspecified atom stereocenters. The second-order valence-corrected chi connectivity index (χ2v) is 6.22. The number of nitrogens with one attached hydrogen (secondary N) is 1. The Hall–Kier alpha value is -0.300. The number of alkyl halides is 1. The largest absolute Gasteiger partial charge is 0.341 e. The van der Waals surface area contributed by atoms with E-state index in [1.54, 1.807) is 12.3 Å². The van der Waals surface area contributed by atoms with Crippen molar-refractivity contribution < 1.29 is 0 Å². The number of piperidine rings is 1. The molecule has 2 heterocycles. The molecule has 0 amide bonds. The maximum atomic E-state index is 7.44. The van der Waals surface area contributed by atoms with Gasteiger partial charge in [-0.05, 0) is 39.9 Å². The van der Waals surface area contributed by atoms with Crippen molar-refractivity contribution in [3.63, 3.8) is 0 Å².